The topological polar surface area (TPSA) is 93.0 Å². The van der Waals surface area contributed by atoms with Crippen LogP contribution in [0.1, 0.15) is 28.3 Å². The first-order valence-corrected chi connectivity index (χ1v) is 9.63. The highest BCUT2D eigenvalue weighted by Gasteiger charge is 2.35. The molecule has 1 aromatic carbocycles. The van der Waals surface area contributed by atoms with Gasteiger partial charge in [0.15, 0.2) is 5.82 Å². The summed E-state index contributed by atoms with van der Waals surface area (Å²) in [4.78, 5) is 27.7. The third-order valence-corrected chi connectivity index (χ3v) is 5.47. The number of thiophene rings is 1. The molecule has 4 rings (SSSR count). The van der Waals surface area contributed by atoms with Crippen LogP contribution in [-0.2, 0) is 4.79 Å². The van der Waals surface area contributed by atoms with Crippen LogP contribution in [0.2, 0.25) is 0 Å². The molecular weight excluding hydrogens is 383 g/mol. The fourth-order valence-corrected chi connectivity index (χ4v) is 3.94. The number of hydrogen-bond donors (Lipinski definition) is 1. The van der Waals surface area contributed by atoms with Gasteiger partial charge in [-0.2, -0.15) is 4.68 Å². The lowest BCUT2D eigenvalue weighted by atomic mass is 10.2. The largest absolute Gasteiger partial charge is 0.326 e. The van der Waals surface area contributed by atoms with Crippen LogP contribution in [0.15, 0.2) is 35.7 Å². The van der Waals surface area contributed by atoms with Crippen molar-refractivity contribution in [3.8, 4) is 5.69 Å². The molecule has 0 aliphatic carbocycles. The number of hydrogen-bond acceptors (Lipinski definition) is 6. The second-order valence-electron chi connectivity index (χ2n) is 6.43. The molecule has 3 heterocycles. The van der Waals surface area contributed by atoms with Gasteiger partial charge in [-0.1, -0.05) is 6.07 Å². The first-order chi connectivity index (χ1) is 13.5. The van der Waals surface area contributed by atoms with Gasteiger partial charge < -0.3 is 10.2 Å². The first-order valence-electron chi connectivity index (χ1n) is 8.75. The summed E-state index contributed by atoms with van der Waals surface area (Å²) in [7, 11) is 0. The highest BCUT2D eigenvalue weighted by atomic mass is 32.1. The van der Waals surface area contributed by atoms with E-state index in [0.717, 1.165) is 6.42 Å². The van der Waals surface area contributed by atoms with Crippen molar-refractivity contribution in [3.05, 3.63) is 52.2 Å². The van der Waals surface area contributed by atoms with Crippen molar-refractivity contribution < 1.29 is 14.0 Å². The molecule has 1 atom stereocenters. The maximum Gasteiger partial charge on any atom is 0.264 e. The van der Waals surface area contributed by atoms with E-state index in [0.29, 0.717) is 29.4 Å². The Labute approximate surface area is 164 Å². The summed E-state index contributed by atoms with van der Waals surface area (Å²) < 4.78 is 15.5. The number of tetrazole rings is 1. The number of rotatable bonds is 4. The van der Waals surface area contributed by atoms with Gasteiger partial charge in [-0.05, 0) is 59.8 Å². The number of nitrogens with zero attached hydrogens (tertiary/aromatic N) is 5. The van der Waals surface area contributed by atoms with Crippen molar-refractivity contribution in [2.75, 3.05) is 11.9 Å². The Balaban J connectivity index is 1.53. The molecule has 1 aliphatic rings. The average molecular weight is 400 g/mol. The molecule has 1 saturated heterocycles. The monoisotopic (exact) mass is 400 g/mol. The number of halogens is 1. The molecule has 8 nitrogen and oxygen atoms in total. The van der Waals surface area contributed by atoms with E-state index in [2.05, 4.69) is 20.8 Å². The summed E-state index contributed by atoms with van der Waals surface area (Å²) in [5.74, 6) is -0.528. The van der Waals surface area contributed by atoms with Gasteiger partial charge in [-0.3, -0.25) is 9.59 Å². The van der Waals surface area contributed by atoms with Crippen molar-refractivity contribution in [1.82, 2.24) is 25.1 Å². The Kier molecular flexibility index (Phi) is 4.86. The summed E-state index contributed by atoms with van der Waals surface area (Å²) in [5.41, 5.74) is 0.546. The molecule has 2 amide bonds. The highest BCUT2D eigenvalue weighted by Crippen LogP contribution is 2.24. The SMILES string of the molecule is Cc1nnnn1-c1cc(NC(=O)[C@@H]2CCCN2C(=O)c2cccs2)ccc1F. The van der Waals surface area contributed by atoms with Gasteiger partial charge in [0.25, 0.3) is 5.91 Å². The normalized spacial score (nSPS) is 16.4. The number of carbonyl (C=O) groups excluding carboxylic acids is 2. The van der Waals surface area contributed by atoms with Crippen molar-refractivity contribution in [3.63, 3.8) is 0 Å². The van der Waals surface area contributed by atoms with Gasteiger partial charge in [0, 0.05) is 12.2 Å². The van der Waals surface area contributed by atoms with E-state index in [4.69, 9.17) is 0 Å². The number of benzene rings is 1. The Morgan fingerprint density at radius 3 is 2.89 bits per heavy atom. The van der Waals surface area contributed by atoms with Crippen LogP contribution in [0, 0.1) is 12.7 Å². The van der Waals surface area contributed by atoms with Crippen molar-refractivity contribution in [2.45, 2.75) is 25.8 Å². The number of anilines is 1. The van der Waals surface area contributed by atoms with Gasteiger partial charge in [0.1, 0.15) is 17.5 Å². The Morgan fingerprint density at radius 2 is 2.18 bits per heavy atom. The lowest BCUT2D eigenvalue weighted by Crippen LogP contribution is -2.43. The molecule has 2 aromatic heterocycles. The van der Waals surface area contributed by atoms with Crippen molar-refractivity contribution in [1.29, 1.82) is 0 Å². The van der Waals surface area contributed by atoms with Gasteiger partial charge in [0.05, 0.1) is 4.88 Å². The predicted molar refractivity (Wildman–Crippen MR) is 101 cm³/mol. The van der Waals surface area contributed by atoms with Crippen LogP contribution >= 0.6 is 11.3 Å². The molecule has 3 aromatic rings. The van der Waals surface area contributed by atoms with Crippen LogP contribution in [-0.4, -0.2) is 49.5 Å². The highest BCUT2D eigenvalue weighted by molar-refractivity contribution is 7.12. The molecular formula is C18H17FN6O2S. The van der Waals surface area contributed by atoms with E-state index >= 15 is 0 Å². The molecule has 10 heteroatoms. The molecule has 0 saturated carbocycles. The zero-order chi connectivity index (χ0) is 19.7. The van der Waals surface area contributed by atoms with E-state index in [1.54, 1.807) is 17.9 Å². The van der Waals surface area contributed by atoms with E-state index in [1.807, 2.05) is 11.4 Å². The number of aryl methyl sites for hydroxylation is 1. The minimum Gasteiger partial charge on any atom is -0.326 e. The third-order valence-electron chi connectivity index (χ3n) is 4.62. The van der Waals surface area contributed by atoms with Crippen LogP contribution in [0.5, 0.6) is 0 Å². The first kappa shape index (κ1) is 18.2. The lowest BCUT2D eigenvalue weighted by Gasteiger charge is -2.23. The van der Waals surface area contributed by atoms with E-state index in [-0.39, 0.29) is 17.5 Å². The molecule has 28 heavy (non-hydrogen) atoms. The molecule has 1 fully saturated rings. The maximum absolute atomic E-state index is 14.2. The fraction of sp³-hybridized carbons (Fsp3) is 0.278. The molecule has 1 N–H and O–H groups in total. The minimum atomic E-state index is -0.558. The van der Waals surface area contributed by atoms with E-state index in [1.165, 1.54) is 34.2 Å². The van der Waals surface area contributed by atoms with E-state index < -0.39 is 11.9 Å². The molecule has 1 aliphatic heterocycles. The lowest BCUT2D eigenvalue weighted by molar-refractivity contribution is -0.119. The molecule has 144 valence electrons. The Bertz CT molecular complexity index is 1020. The third kappa shape index (κ3) is 3.38. The van der Waals surface area contributed by atoms with Gasteiger partial charge in [-0.25, -0.2) is 4.39 Å². The molecule has 0 spiro atoms. The zero-order valence-electron chi connectivity index (χ0n) is 15.0. The van der Waals surface area contributed by atoms with Gasteiger partial charge in [0.2, 0.25) is 5.91 Å². The fourth-order valence-electron chi connectivity index (χ4n) is 3.26. The number of likely N-dealkylation sites (tertiary alicyclic amines) is 1. The smallest absolute Gasteiger partial charge is 0.264 e. The summed E-state index contributed by atoms with van der Waals surface area (Å²) in [5, 5.41) is 15.6. The summed E-state index contributed by atoms with van der Waals surface area (Å²) in [6.45, 7) is 2.19. The average Bonchev–Trinajstić information content (AvgIpc) is 3.44. The van der Waals surface area contributed by atoms with Crippen LogP contribution < -0.4 is 5.32 Å². The Morgan fingerprint density at radius 1 is 1.32 bits per heavy atom. The summed E-state index contributed by atoms with van der Waals surface area (Å²) in [6.07, 6.45) is 1.34. The second kappa shape index (κ2) is 7.47. The Hall–Kier alpha value is -3.14. The summed E-state index contributed by atoms with van der Waals surface area (Å²) >= 11 is 1.35. The molecule has 0 unspecified atom stereocenters. The zero-order valence-corrected chi connectivity index (χ0v) is 15.8. The standard InChI is InChI=1S/C18H17FN6O2S/c1-11-21-22-23-25(11)15-10-12(6-7-13(15)19)20-17(26)14-4-2-8-24(14)18(27)16-5-3-9-28-16/h3,5-7,9-10,14H,2,4,8H2,1H3,(H,20,26)/t14-/m0/s1. The van der Waals surface area contributed by atoms with Crippen LogP contribution in [0.4, 0.5) is 10.1 Å². The van der Waals surface area contributed by atoms with Gasteiger partial charge in [-0.15, -0.1) is 16.4 Å². The van der Waals surface area contributed by atoms with Crippen LogP contribution in [0.25, 0.3) is 5.69 Å². The van der Waals surface area contributed by atoms with Crippen molar-refractivity contribution >= 4 is 28.8 Å². The quantitative estimate of drug-likeness (QED) is 0.726. The molecule has 0 radical (unpaired) electrons. The van der Waals surface area contributed by atoms with E-state index in [9.17, 15) is 14.0 Å². The summed E-state index contributed by atoms with van der Waals surface area (Å²) in [6, 6.07) is 7.19. The maximum atomic E-state index is 14.2. The molecule has 0 bridgehead atoms. The number of amides is 2. The van der Waals surface area contributed by atoms with Gasteiger partial charge >= 0.3 is 0 Å². The number of aromatic nitrogens is 4. The predicted octanol–water partition coefficient (Wildman–Crippen LogP) is 2.41. The number of nitrogens with one attached hydrogen (secondary N) is 1. The van der Waals surface area contributed by atoms with Crippen LogP contribution in [0.3, 0.4) is 0 Å². The second-order valence-corrected chi connectivity index (χ2v) is 7.37. The minimum absolute atomic E-state index is 0.137. The number of carbonyl (C=O) groups is 2. The van der Waals surface area contributed by atoms with Crippen molar-refractivity contribution in [2.24, 2.45) is 0 Å².